The molecule has 0 radical (unpaired) electrons. The van der Waals surface area contributed by atoms with Gasteiger partial charge in [-0.15, -0.1) is 0 Å². The first-order valence-corrected chi connectivity index (χ1v) is 7.31. The van der Waals surface area contributed by atoms with E-state index in [1.807, 2.05) is 0 Å². The fourth-order valence-electron chi connectivity index (χ4n) is 2.24. The van der Waals surface area contributed by atoms with Crippen LogP contribution in [0.2, 0.25) is 10.0 Å². The van der Waals surface area contributed by atoms with E-state index in [1.165, 1.54) is 32.4 Å². The molecule has 1 aromatic carbocycles. The number of likely N-dealkylation sites (tertiary alicyclic amines) is 1. The molecule has 0 spiro atoms. The Morgan fingerprint density at radius 3 is 2.67 bits per heavy atom. The van der Waals surface area contributed by atoms with Gasteiger partial charge in [0.1, 0.15) is 5.75 Å². The van der Waals surface area contributed by atoms with Crippen molar-refractivity contribution in [3.8, 4) is 5.75 Å². The molecule has 100 valence electrons. The van der Waals surface area contributed by atoms with Gasteiger partial charge in [0.05, 0.1) is 11.6 Å². The molecule has 1 aromatic rings. The van der Waals surface area contributed by atoms with E-state index < -0.39 is 0 Å². The normalized spacial score (nSPS) is 16.8. The molecule has 2 rings (SSSR count). The summed E-state index contributed by atoms with van der Waals surface area (Å²) in [7, 11) is 0. The quantitative estimate of drug-likeness (QED) is 0.751. The number of halogens is 2. The number of hydrogen-bond donors (Lipinski definition) is 0. The van der Waals surface area contributed by atoms with E-state index in [1.54, 1.807) is 18.2 Å². The van der Waals surface area contributed by atoms with Crippen molar-refractivity contribution >= 4 is 23.2 Å². The summed E-state index contributed by atoms with van der Waals surface area (Å²) in [4.78, 5) is 2.51. The lowest BCUT2D eigenvalue weighted by molar-refractivity contribution is 0.205. The maximum Gasteiger partial charge on any atom is 0.139 e. The predicted octanol–water partition coefficient (Wildman–Crippen LogP) is 4.25. The van der Waals surface area contributed by atoms with Crippen molar-refractivity contribution < 1.29 is 4.74 Å². The zero-order valence-corrected chi connectivity index (χ0v) is 12.0. The van der Waals surface area contributed by atoms with Crippen LogP contribution in [0.1, 0.15) is 25.7 Å². The topological polar surface area (TPSA) is 12.5 Å². The molecule has 1 aliphatic rings. The molecule has 0 saturated carbocycles. The van der Waals surface area contributed by atoms with Crippen molar-refractivity contribution in [1.82, 2.24) is 4.90 Å². The maximum absolute atomic E-state index is 6.03. The van der Waals surface area contributed by atoms with Crippen molar-refractivity contribution in [2.24, 2.45) is 0 Å². The highest BCUT2D eigenvalue weighted by molar-refractivity contribution is 6.34. The molecule has 0 amide bonds. The third-order valence-electron chi connectivity index (χ3n) is 3.22. The molecule has 1 aliphatic heterocycles. The summed E-state index contributed by atoms with van der Waals surface area (Å²) in [6.45, 7) is 4.27. The second-order valence-electron chi connectivity index (χ2n) is 4.68. The summed E-state index contributed by atoms with van der Waals surface area (Å²) in [5, 5.41) is 1.28. The molecule has 1 fully saturated rings. The van der Waals surface area contributed by atoms with Crippen LogP contribution in [-0.4, -0.2) is 31.1 Å². The Morgan fingerprint density at radius 2 is 1.89 bits per heavy atom. The summed E-state index contributed by atoms with van der Waals surface area (Å²) in [5.41, 5.74) is 0. The van der Waals surface area contributed by atoms with Crippen molar-refractivity contribution in [2.75, 3.05) is 26.2 Å². The van der Waals surface area contributed by atoms with Crippen molar-refractivity contribution in [3.63, 3.8) is 0 Å². The molecule has 0 bridgehead atoms. The third-order valence-corrected chi connectivity index (χ3v) is 3.77. The molecule has 1 heterocycles. The van der Waals surface area contributed by atoms with Gasteiger partial charge >= 0.3 is 0 Å². The Morgan fingerprint density at radius 1 is 1.11 bits per heavy atom. The molecule has 0 aromatic heterocycles. The Bertz CT molecular complexity index is 378. The molecule has 1 saturated heterocycles. The largest absolute Gasteiger partial charge is 0.492 e. The van der Waals surface area contributed by atoms with Crippen LogP contribution in [-0.2, 0) is 0 Å². The number of rotatable bonds is 5. The van der Waals surface area contributed by atoms with E-state index in [0.717, 1.165) is 13.0 Å². The highest BCUT2D eigenvalue weighted by Crippen LogP contribution is 2.27. The van der Waals surface area contributed by atoms with Crippen LogP contribution in [0.25, 0.3) is 0 Å². The van der Waals surface area contributed by atoms with E-state index in [2.05, 4.69) is 4.90 Å². The third kappa shape index (κ3) is 4.34. The van der Waals surface area contributed by atoms with E-state index >= 15 is 0 Å². The first-order chi connectivity index (χ1) is 8.75. The Hall–Kier alpha value is -0.440. The lowest BCUT2D eigenvalue weighted by Crippen LogP contribution is -2.31. The van der Waals surface area contributed by atoms with Crippen molar-refractivity contribution in [3.05, 3.63) is 28.2 Å². The minimum absolute atomic E-state index is 0.623. The van der Waals surface area contributed by atoms with E-state index in [9.17, 15) is 0 Å². The lowest BCUT2D eigenvalue weighted by atomic mass is 10.1. The van der Waals surface area contributed by atoms with Gasteiger partial charge in [0.25, 0.3) is 0 Å². The van der Waals surface area contributed by atoms with E-state index in [4.69, 9.17) is 27.9 Å². The first kappa shape index (κ1) is 14.0. The highest BCUT2D eigenvalue weighted by Gasteiger charge is 2.09. The number of piperidine rings is 1. The summed E-state index contributed by atoms with van der Waals surface area (Å²) in [5.74, 6) is 0.683. The van der Waals surface area contributed by atoms with Gasteiger partial charge in [0.15, 0.2) is 0 Å². The van der Waals surface area contributed by atoms with Crippen molar-refractivity contribution in [1.29, 1.82) is 0 Å². The summed E-state index contributed by atoms with van der Waals surface area (Å²) < 4.78 is 5.67. The second-order valence-corrected chi connectivity index (χ2v) is 5.52. The maximum atomic E-state index is 6.03. The van der Waals surface area contributed by atoms with Crippen LogP contribution in [0.3, 0.4) is 0 Å². The van der Waals surface area contributed by atoms with E-state index in [0.29, 0.717) is 22.4 Å². The number of hydrogen-bond acceptors (Lipinski definition) is 2. The summed E-state index contributed by atoms with van der Waals surface area (Å²) in [6, 6.07) is 5.30. The lowest BCUT2D eigenvalue weighted by Gasteiger charge is -2.26. The van der Waals surface area contributed by atoms with Crippen LogP contribution < -0.4 is 4.74 Å². The predicted molar refractivity (Wildman–Crippen MR) is 76.9 cm³/mol. The summed E-state index contributed by atoms with van der Waals surface area (Å²) in [6.07, 6.45) is 5.08. The molecular formula is C14H19Cl2NO. The molecule has 0 N–H and O–H groups in total. The second kappa shape index (κ2) is 7.22. The molecule has 0 unspecified atom stereocenters. The molecule has 2 nitrogen and oxygen atoms in total. The average Bonchev–Trinajstić information content (AvgIpc) is 2.40. The van der Waals surface area contributed by atoms with Gasteiger partial charge in [0.2, 0.25) is 0 Å². The van der Waals surface area contributed by atoms with Crippen molar-refractivity contribution in [2.45, 2.75) is 25.7 Å². The van der Waals surface area contributed by atoms with Gasteiger partial charge in [-0.25, -0.2) is 0 Å². The standard InChI is InChI=1S/C14H19Cl2NO/c15-12-5-6-13(16)14(11-12)18-10-4-9-17-7-2-1-3-8-17/h5-6,11H,1-4,7-10H2. The molecule has 0 aliphatic carbocycles. The van der Waals surface area contributed by atoms with Crippen LogP contribution in [0.15, 0.2) is 18.2 Å². The zero-order valence-electron chi connectivity index (χ0n) is 10.5. The van der Waals surface area contributed by atoms with Crippen LogP contribution >= 0.6 is 23.2 Å². The SMILES string of the molecule is Clc1ccc(Cl)c(OCCCN2CCCCC2)c1. The van der Waals surface area contributed by atoms with Gasteiger partial charge < -0.3 is 9.64 Å². The van der Waals surface area contributed by atoms with Gasteiger partial charge in [0, 0.05) is 17.6 Å². The zero-order chi connectivity index (χ0) is 12.8. The van der Waals surface area contributed by atoms with Gasteiger partial charge in [-0.05, 0) is 44.5 Å². The number of benzene rings is 1. The number of ether oxygens (including phenoxy) is 1. The van der Waals surface area contributed by atoms with Crippen LogP contribution in [0, 0.1) is 0 Å². The van der Waals surface area contributed by atoms with Gasteiger partial charge in [-0.1, -0.05) is 29.6 Å². The Labute approximate surface area is 119 Å². The monoisotopic (exact) mass is 287 g/mol. The highest BCUT2D eigenvalue weighted by atomic mass is 35.5. The fourth-order valence-corrected chi connectivity index (χ4v) is 2.58. The molecule has 0 atom stereocenters. The first-order valence-electron chi connectivity index (χ1n) is 6.56. The van der Waals surface area contributed by atoms with Gasteiger partial charge in [-0.2, -0.15) is 0 Å². The smallest absolute Gasteiger partial charge is 0.139 e. The van der Waals surface area contributed by atoms with E-state index in [-0.39, 0.29) is 0 Å². The molecule has 4 heteroatoms. The fraction of sp³-hybridized carbons (Fsp3) is 0.571. The number of nitrogens with zero attached hydrogens (tertiary/aromatic N) is 1. The van der Waals surface area contributed by atoms with Crippen LogP contribution in [0.5, 0.6) is 5.75 Å². The minimum Gasteiger partial charge on any atom is -0.492 e. The van der Waals surface area contributed by atoms with Gasteiger partial charge in [-0.3, -0.25) is 0 Å². The Kier molecular flexibility index (Phi) is 5.61. The molecule has 18 heavy (non-hydrogen) atoms. The summed E-state index contributed by atoms with van der Waals surface area (Å²) >= 11 is 11.9. The Balaban J connectivity index is 1.69. The van der Waals surface area contributed by atoms with Crippen LogP contribution in [0.4, 0.5) is 0 Å². The minimum atomic E-state index is 0.623. The molecular weight excluding hydrogens is 269 g/mol. The average molecular weight is 288 g/mol.